The van der Waals surface area contributed by atoms with Crippen LogP contribution in [0.1, 0.15) is 39.0 Å². The fraction of sp³-hybridized carbons (Fsp3) is 0.786. The smallest absolute Gasteiger partial charge is 0.323 e. The van der Waals surface area contributed by atoms with E-state index in [4.69, 9.17) is 4.74 Å². The number of aromatic nitrogens is 3. The highest BCUT2D eigenvalue weighted by molar-refractivity contribution is 5.39. The Bertz CT molecular complexity index is 443. The molecule has 1 N–H and O–H groups in total. The molecule has 0 unspecified atom stereocenters. The maximum atomic E-state index is 5.72. The minimum absolute atomic E-state index is 0.457. The minimum Gasteiger partial charge on any atom is -0.463 e. The molecule has 1 aromatic heterocycles. The summed E-state index contributed by atoms with van der Waals surface area (Å²) in [7, 11) is 0. The van der Waals surface area contributed by atoms with Crippen molar-refractivity contribution in [2.75, 3.05) is 36.5 Å². The van der Waals surface area contributed by atoms with Crippen LogP contribution < -0.4 is 15.0 Å². The molecule has 20 heavy (non-hydrogen) atoms. The van der Waals surface area contributed by atoms with E-state index in [9.17, 15) is 0 Å². The Hall–Kier alpha value is -1.59. The van der Waals surface area contributed by atoms with Gasteiger partial charge in [0.1, 0.15) is 0 Å². The Morgan fingerprint density at radius 3 is 2.70 bits per heavy atom. The maximum absolute atomic E-state index is 5.72. The first-order valence-corrected chi connectivity index (χ1v) is 7.73. The molecule has 0 atom stereocenters. The van der Waals surface area contributed by atoms with Crippen LogP contribution in [-0.2, 0) is 0 Å². The molecule has 3 rings (SSSR count). The number of nitrogens with zero attached hydrogens (tertiary/aromatic N) is 4. The van der Waals surface area contributed by atoms with Gasteiger partial charge in [-0.2, -0.15) is 15.0 Å². The Balaban J connectivity index is 1.68. The highest BCUT2D eigenvalue weighted by Gasteiger charge is 2.21. The molecule has 2 heterocycles. The molecule has 110 valence electrons. The van der Waals surface area contributed by atoms with Gasteiger partial charge >= 0.3 is 6.01 Å². The zero-order valence-electron chi connectivity index (χ0n) is 12.1. The van der Waals surface area contributed by atoms with E-state index in [1.54, 1.807) is 0 Å². The fourth-order valence-electron chi connectivity index (χ4n) is 2.43. The van der Waals surface area contributed by atoms with Gasteiger partial charge in [0.15, 0.2) is 0 Å². The molecule has 1 aliphatic carbocycles. The van der Waals surface area contributed by atoms with Gasteiger partial charge in [-0.25, -0.2) is 0 Å². The number of rotatable bonds is 7. The van der Waals surface area contributed by atoms with Crippen LogP contribution in [0.2, 0.25) is 0 Å². The molecule has 2 fully saturated rings. The van der Waals surface area contributed by atoms with Gasteiger partial charge in [-0.1, -0.05) is 12.8 Å². The van der Waals surface area contributed by atoms with Gasteiger partial charge in [0.2, 0.25) is 11.9 Å². The van der Waals surface area contributed by atoms with Gasteiger partial charge in [0, 0.05) is 19.6 Å². The monoisotopic (exact) mass is 277 g/mol. The lowest BCUT2D eigenvalue weighted by atomic mass is 10.3. The van der Waals surface area contributed by atoms with Crippen molar-refractivity contribution in [2.45, 2.75) is 39.0 Å². The highest BCUT2D eigenvalue weighted by Crippen LogP contribution is 2.32. The minimum atomic E-state index is 0.457. The molecule has 1 aliphatic heterocycles. The number of anilines is 2. The first-order valence-electron chi connectivity index (χ1n) is 7.73. The molecule has 2 aliphatic rings. The van der Waals surface area contributed by atoms with Crippen LogP contribution in [0.15, 0.2) is 0 Å². The van der Waals surface area contributed by atoms with Gasteiger partial charge < -0.3 is 15.0 Å². The van der Waals surface area contributed by atoms with Crippen LogP contribution in [0.5, 0.6) is 6.01 Å². The van der Waals surface area contributed by atoms with Crippen molar-refractivity contribution in [3.63, 3.8) is 0 Å². The summed E-state index contributed by atoms with van der Waals surface area (Å²) in [6, 6.07) is 0.457. The normalized spacial score (nSPS) is 18.4. The Morgan fingerprint density at radius 2 is 2.00 bits per heavy atom. The average molecular weight is 277 g/mol. The second-order valence-corrected chi connectivity index (χ2v) is 5.55. The number of ether oxygens (including phenoxy) is 1. The van der Waals surface area contributed by atoms with Crippen molar-refractivity contribution in [1.82, 2.24) is 15.0 Å². The summed E-state index contributed by atoms with van der Waals surface area (Å²) < 4.78 is 5.72. The lowest BCUT2D eigenvalue weighted by Gasteiger charge is -2.16. The fourth-order valence-corrected chi connectivity index (χ4v) is 2.43. The lowest BCUT2D eigenvalue weighted by molar-refractivity contribution is 0.279. The van der Waals surface area contributed by atoms with E-state index in [0.717, 1.165) is 37.9 Å². The van der Waals surface area contributed by atoms with Crippen molar-refractivity contribution in [3.05, 3.63) is 0 Å². The van der Waals surface area contributed by atoms with Crippen LogP contribution in [0, 0.1) is 5.92 Å². The molecule has 0 radical (unpaired) electrons. The summed E-state index contributed by atoms with van der Waals surface area (Å²) in [6.07, 6.45) is 6.23. The Morgan fingerprint density at radius 1 is 1.20 bits per heavy atom. The summed E-state index contributed by atoms with van der Waals surface area (Å²) in [5.74, 6) is 2.23. The second kappa shape index (κ2) is 6.24. The first kappa shape index (κ1) is 13.4. The van der Waals surface area contributed by atoms with Crippen molar-refractivity contribution in [1.29, 1.82) is 0 Å². The molecule has 1 saturated carbocycles. The molecule has 0 amide bonds. The lowest BCUT2D eigenvalue weighted by Crippen LogP contribution is -2.22. The summed E-state index contributed by atoms with van der Waals surface area (Å²) in [5.41, 5.74) is 0. The standard InChI is InChI=1S/C14H23N5O/c1-2-15-12-16-13(19-8-3-4-9-19)18-14(17-12)20-10-7-11-5-6-11/h11H,2-10H2,1H3,(H,15,16,17,18). The largest absolute Gasteiger partial charge is 0.463 e. The van der Waals surface area contributed by atoms with E-state index >= 15 is 0 Å². The van der Waals surface area contributed by atoms with Gasteiger partial charge in [-0.05, 0) is 32.1 Å². The van der Waals surface area contributed by atoms with Gasteiger partial charge in [0.25, 0.3) is 0 Å². The third kappa shape index (κ3) is 3.49. The molecular formula is C14H23N5O. The van der Waals surface area contributed by atoms with E-state index in [-0.39, 0.29) is 0 Å². The third-order valence-electron chi connectivity index (χ3n) is 3.78. The SMILES string of the molecule is CCNc1nc(OCCC2CC2)nc(N2CCCC2)n1. The van der Waals surface area contributed by atoms with Crippen molar-refractivity contribution >= 4 is 11.9 Å². The summed E-state index contributed by atoms with van der Waals surface area (Å²) in [4.78, 5) is 15.5. The summed E-state index contributed by atoms with van der Waals surface area (Å²) in [5, 5.41) is 3.15. The molecular weight excluding hydrogens is 254 g/mol. The summed E-state index contributed by atoms with van der Waals surface area (Å²) in [6.45, 7) is 5.59. The number of hydrogen-bond donors (Lipinski definition) is 1. The number of nitrogens with one attached hydrogen (secondary N) is 1. The second-order valence-electron chi connectivity index (χ2n) is 5.55. The zero-order valence-corrected chi connectivity index (χ0v) is 12.1. The van der Waals surface area contributed by atoms with Crippen molar-refractivity contribution in [2.24, 2.45) is 5.92 Å². The van der Waals surface area contributed by atoms with Gasteiger partial charge in [-0.3, -0.25) is 0 Å². The molecule has 1 aromatic rings. The van der Waals surface area contributed by atoms with E-state index in [1.807, 2.05) is 6.92 Å². The molecule has 0 spiro atoms. The first-order chi connectivity index (χ1) is 9.85. The van der Waals surface area contributed by atoms with E-state index in [1.165, 1.54) is 25.7 Å². The Kier molecular flexibility index (Phi) is 4.18. The van der Waals surface area contributed by atoms with Crippen LogP contribution in [0.25, 0.3) is 0 Å². The van der Waals surface area contributed by atoms with E-state index in [0.29, 0.717) is 18.6 Å². The molecule has 6 heteroatoms. The number of hydrogen-bond acceptors (Lipinski definition) is 6. The molecule has 0 aromatic carbocycles. The van der Waals surface area contributed by atoms with Crippen LogP contribution in [-0.4, -0.2) is 41.2 Å². The molecule has 0 bridgehead atoms. The van der Waals surface area contributed by atoms with Crippen molar-refractivity contribution in [3.8, 4) is 6.01 Å². The summed E-state index contributed by atoms with van der Waals surface area (Å²) >= 11 is 0. The quantitative estimate of drug-likeness (QED) is 0.823. The van der Waals surface area contributed by atoms with Crippen LogP contribution in [0.3, 0.4) is 0 Å². The van der Waals surface area contributed by atoms with E-state index < -0.39 is 0 Å². The van der Waals surface area contributed by atoms with Crippen LogP contribution >= 0.6 is 0 Å². The van der Waals surface area contributed by atoms with Gasteiger partial charge in [0.05, 0.1) is 6.61 Å². The Labute approximate surface area is 120 Å². The third-order valence-corrected chi connectivity index (χ3v) is 3.78. The zero-order chi connectivity index (χ0) is 13.8. The van der Waals surface area contributed by atoms with Crippen molar-refractivity contribution < 1.29 is 4.74 Å². The predicted octanol–water partition coefficient (Wildman–Crippen LogP) is 2.08. The molecule has 1 saturated heterocycles. The molecule has 6 nitrogen and oxygen atoms in total. The predicted molar refractivity (Wildman–Crippen MR) is 78.3 cm³/mol. The van der Waals surface area contributed by atoms with Gasteiger partial charge in [-0.15, -0.1) is 0 Å². The maximum Gasteiger partial charge on any atom is 0.323 e. The average Bonchev–Trinajstić information content (AvgIpc) is 3.10. The topological polar surface area (TPSA) is 63.2 Å². The van der Waals surface area contributed by atoms with E-state index in [2.05, 4.69) is 25.2 Å². The van der Waals surface area contributed by atoms with Crippen LogP contribution in [0.4, 0.5) is 11.9 Å². The highest BCUT2D eigenvalue weighted by atomic mass is 16.5.